The molecular weight excluding hydrogens is 386 g/mol. The Hall–Kier alpha value is -3.12. The Morgan fingerprint density at radius 3 is 2.52 bits per heavy atom. The molecule has 0 bridgehead atoms. The minimum atomic E-state index is -0.157. The molecule has 2 aliphatic rings. The summed E-state index contributed by atoms with van der Waals surface area (Å²) in [5.74, 6) is 1.09. The van der Waals surface area contributed by atoms with E-state index in [-0.39, 0.29) is 18.0 Å². The maximum absolute atomic E-state index is 13.1. The second-order valence-electron chi connectivity index (χ2n) is 8.45. The first-order chi connectivity index (χ1) is 15.2. The topological polar surface area (TPSA) is 62.2 Å². The maximum atomic E-state index is 13.1. The Kier molecular flexibility index (Phi) is 5.47. The van der Waals surface area contributed by atoms with Crippen molar-refractivity contribution in [2.75, 3.05) is 25.0 Å². The minimum absolute atomic E-state index is 0.0727. The van der Waals surface area contributed by atoms with Crippen molar-refractivity contribution in [3.8, 4) is 5.69 Å². The summed E-state index contributed by atoms with van der Waals surface area (Å²) in [6, 6.07) is 20.4. The highest BCUT2D eigenvalue weighted by Crippen LogP contribution is 2.31. The van der Waals surface area contributed by atoms with Gasteiger partial charge in [-0.2, -0.15) is 5.10 Å². The van der Waals surface area contributed by atoms with Crippen LogP contribution in [0.3, 0.4) is 0 Å². The van der Waals surface area contributed by atoms with E-state index < -0.39 is 0 Å². The van der Waals surface area contributed by atoms with Crippen molar-refractivity contribution in [3.63, 3.8) is 0 Å². The molecule has 0 radical (unpaired) electrons. The van der Waals surface area contributed by atoms with Gasteiger partial charge in [0.1, 0.15) is 5.82 Å². The number of benzene rings is 2. The summed E-state index contributed by atoms with van der Waals surface area (Å²) in [6.45, 7) is 4.98. The van der Waals surface area contributed by atoms with Crippen LogP contribution in [0.15, 0.2) is 60.7 Å². The lowest BCUT2D eigenvalue weighted by atomic mass is 9.94. The highest BCUT2D eigenvalue weighted by molar-refractivity contribution is 5.90. The third-order valence-electron chi connectivity index (χ3n) is 6.53. The van der Waals surface area contributed by atoms with Crippen molar-refractivity contribution in [2.24, 2.45) is 0 Å². The Labute approximate surface area is 183 Å². The highest BCUT2D eigenvalue weighted by atomic mass is 16.2. The van der Waals surface area contributed by atoms with Crippen molar-refractivity contribution in [1.29, 1.82) is 0 Å². The fraction of sp³-hybridized carbons (Fsp3) is 0.360. The highest BCUT2D eigenvalue weighted by Gasteiger charge is 2.34. The van der Waals surface area contributed by atoms with Crippen molar-refractivity contribution in [2.45, 2.75) is 38.1 Å². The fourth-order valence-corrected chi connectivity index (χ4v) is 4.92. The first-order valence-corrected chi connectivity index (χ1v) is 11.2. The molecule has 2 aromatic carbocycles. The second-order valence-corrected chi connectivity index (χ2v) is 8.45. The third-order valence-corrected chi connectivity index (χ3v) is 6.53. The number of carbonyl (C=O) groups excluding carboxylic acids is 1. The van der Waals surface area contributed by atoms with E-state index in [1.54, 1.807) is 0 Å². The Balaban J connectivity index is 1.37. The number of aromatic nitrogens is 2. The maximum Gasteiger partial charge on any atom is 0.320 e. The van der Waals surface area contributed by atoms with E-state index in [1.807, 2.05) is 41.1 Å². The number of nitrogens with zero attached hydrogens (tertiary/aromatic N) is 3. The van der Waals surface area contributed by atoms with Crippen molar-refractivity contribution in [1.82, 2.24) is 20.0 Å². The number of nitrogens with one attached hydrogen (secondary N) is 2. The van der Waals surface area contributed by atoms with Crippen LogP contribution in [0.2, 0.25) is 0 Å². The van der Waals surface area contributed by atoms with Gasteiger partial charge in [-0.3, -0.25) is 5.32 Å². The first-order valence-electron chi connectivity index (χ1n) is 11.2. The van der Waals surface area contributed by atoms with Crippen LogP contribution >= 0.6 is 0 Å². The molecule has 6 nitrogen and oxygen atoms in total. The summed E-state index contributed by atoms with van der Waals surface area (Å²) in [4.78, 5) is 15.5. The van der Waals surface area contributed by atoms with Gasteiger partial charge < -0.3 is 10.2 Å². The summed E-state index contributed by atoms with van der Waals surface area (Å²) in [7, 11) is 0. The van der Waals surface area contributed by atoms with Gasteiger partial charge >= 0.3 is 6.03 Å². The predicted octanol–water partition coefficient (Wildman–Crippen LogP) is 3.97. The fourth-order valence-electron chi connectivity index (χ4n) is 4.92. The number of fused-ring (bicyclic) bond motifs is 1. The molecule has 1 aliphatic heterocycles. The molecule has 2 heterocycles. The van der Waals surface area contributed by atoms with E-state index in [9.17, 15) is 4.79 Å². The van der Waals surface area contributed by atoms with Gasteiger partial charge in [0.25, 0.3) is 0 Å². The van der Waals surface area contributed by atoms with E-state index >= 15 is 0 Å². The number of aryl methyl sites for hydroxylation is 1. The molecule has 0 saturated carbocycles. The summed E-state index contributed by atoms with van der Waals surface area (Å²) in [5.41, 5.74) is 4.51. The average Bonchev–Trinajstić information content (AvgIpc) is 3.51. The van der Waals surface area contributed by atoms with Gasteiger partial charge in [-0.1, -0.05) is 55.5 Å². The number of amides is 2. The number of hydrogen-bond donors (Lipinski definition) is 2. The molecule has 2 N–H and O–H groups in total. The zero-order chi connectivity index (χ0) is 21.2. The van der Waals surface area contributed by atoms with Crippen molar-refractivity contribution < 1.29 is 4.79 Å². The van der Waals surface area contributed by atoms with E-state index in [2.05, 4.69) is 46.7 Å². The number of rotatable bonds is 5. The Morgan fingerprint density at radius 1 is 1.03 bits per heavy atom. The number of carbonyl (C=O) groups is 1. The smallest absolute Gasteiger partial charge is 0.320 e. The van der Waals surface area contributed by atoms with Crippen LogP contribution < -0.4 is 10.6 Å². The lowest BCUT2D eigenvalue weighted by molar-refractivity contribution is 0.247. The summed E-state index contributed by atoms with van der Waals surface area (Å²) in [6.07, 6.45) is 3.01. The summed E-state index contributed by atoms with van der Waals surface area (Å²) < 4.78 is 1.88. The summed E-state index contributed by atoms with van der Waals surface area (Å²) in [5, 5.41) is 11.2. The van der Waals surface area contributed by atoms with Gasteiger partial charge in [-0.25, -0.2) is 9.48 Å². The molecule has 160 valence electrons. The lowest BCUT2D eigenvalue weighted by Crippen LogP contribution is -2.42. The first kappa shape index (κ1) is 19.8. The molecule has 0 unspecified atom stereocenters. The van der Waals surface area contributed by atoms with Crippen molar-refractivity contribution in [3.05, 3.63) is 77.5 Å². The third kappa shape index (κ3) is 3.95. The molecular formula is C25H29N5O. The molecule has 1 aliphatic carbocycles. The van der Waals surface area contributed by atoms with E-state index in [0.717, 1.165) is 56.1 Å². The van der Waals surface area contributed by atoms with Gasteiger partial charge in [0, 0.05) is 24.6 Å². The number of likely N-dealkylation sites (tertiary alicyclic amines) is 1. The zero-order valence-electron chi connectivity index (χ0n) is 17.9. The number of likely N-dealkylation sites (N-methyl/N-ethyl adjacent to an activating group) is 1. The normalized spacial score (nSPS) is 20.5. The number of para-hydroxylation sites is 1. The van der Waals surface area contributed by atoms with E-state index in [0.29, 0.717) is 0 Å². The van der Waals surface area contributed by atoms with Gasteiger partial charge in [0.05, 0.1) is 17.4 Å². The molecule has 1 aromatic heterocycles. The van der Waals surface area contributed by atoms with E-state index in [1.165, 1.54) is 11.1 Å². The van der Waals surface area contributed by atoms with Crippen LogP contribution in [0.1, 0.15) is 36.1 Å². The number of urea groups is 1. The Morgan fingerprint density at radius 2 is 1.77 bits per heavy atom. The van der Waals surface area contributed by atoms with Gasteiger partial charge in [0.2, 0.25) is 0 Å². The predicted molar refractivity (Wildman–Crippen MR) is 123 cm³/mol. The van der Waals surface area contributed by atoms with Gasteiger partial charge in [-0.15, -0.1) is 0 Å². The molecule has 3 aromatic rings. The standard InChI is InChI=1S/C25H29N5O/c1-2-29-16-21(18-10-5-3-6-11-18)23(17-29)26-25(31)27-24-20-14-9-15-22(20)28-30(24)19-12-7-4-8-13-19/h3-8,10-13,21,23H,2,9,14-17H2,1H3,(H2,26,27,31)/t21-,23+/m1/s1. The largest absolute Gasteiger partial charge is 0.333 e. The SMILES string of the molecule is CCN1C[C@H](NC(=O)Nc2c3c(nn2-c2ccccc2)CCC3)[C@@H](c2ccccc2)C1. The van der Waals surface area contributed by atoms with Crippen LogP contribution in [-0.2, 0) is 12.8 Å². The molecule has 1 fully saturated rings. The number of anilines is 1. The van der Waals surface area contributed by atoms with Crippen LogP contribution in [0.25, 0.3) is 5.69 Å². The van der Waals surface area contributed by atoms with Crippen LogP contribution in [0.5, 0.6) is 0 Å². The van der Waals surface area contributed by atoms with Crippen molar-refractivity contribution >= 4 is 11.8 Å². The molecule has 0 spiro atoms. The van der Waals surface area contributed by atoms with Crippen LogP contribution in [0.4, 0.5) is 10.6 Å². The molecule has 2 amide bonds. The zero-order valence-corrected chi connectivity index (χ0v) is 17.9. The number of hydrogen-bond acceptors (Lipinski definition) is 3. The van der Waals surface area contributed by atoms with Gasteiger partial charge in [0.15, 0.2) is 0 Å². The van der Waals surface area contributed by atoms with E-state index in [4.69, 9.17) is 5.10 Å². The molecule has 6 heteroatoms. The lowest BCUT2D eigenvalue weighted by Gasteiger charge is -2.21. The molecule has 5 rings (SSSR count). The molecule has 2 atom stereocenters. The molecule has 31 heavy (non-hydrogen) atoms. The second kappa shape index (κ2) is 8.55. The Bertz CT molecular complexity index is 1050. The quantitative estimate of drug-likeness (QED) is 0.663. The summed E-state index contributed by atoms with van der Waals surface area (Å²) >= 11 is 0. The molecule has 1 saturated heterocycles. The van der Waals surface area contributed by atoms with Crippen LogP contribution in [-0.4, -0.2) is 46.4 Å². The monoisotopic (exact) mass is 415 g/mol. The average molecular weight is 416 g/mol. The van der Waals surface area contributed by atoms with Gasteiger partial charge in [-0.05, 0) is 43.5 Å². The minimum Gasteiger partial charge on any atom is -0.333 e. The van der Waals surface area contributed by atoms with Crippen LogP contribution in [0, 0.1) is 0 Å².